The van der Waals surface area contributed by atoms with E-state index in [1.54, 1.807) is 6.07 Å². The number of halogens is 4. The zero-order chi connectivity index (χ0) is 36.5. The average Bonchev–Trinajstić information content (AvgIpc) is 3.70. The van der Waals surface area contributed by atoms with Gasteiger partial charge in [0.2, 0.25) is 5.78 Å². The molecule has 7 nitrogen and oxygen atoms in total. The van der Waals surface area contributed by atoms with Gasteiger partial charge < -0.3 is 24.4 Å². The topological polar surface area (TPSA) is 89.5 Å². The van der Waals surface area contributed by atoms with Gasteiger partial charge in [-0.15, -0.1) is 0 Å². The number of hydrogen-bond donors (Lipinski definition) is 2. The first-order valence-corrected chi connectivity index (χ1v) is 19.4. The number of carbonyl (C=O) groups is 1. The van der Waals surface area contributed by atoms with Gasteiger partial charge in [0.15, 0.2) is 11.7 Å². The molecule has 52 heavy (non-hydrogen) atoms. The van der Waals surface area contributed by atoms with Crippen LogP contribution in [0.3, 0.4) is 0 Å². The van der Waals surface area contributed by atoms with Gasteiger partial charge in [-0.3, -0.25) is 9.79 Å². The summed E-state index contributed by atoms with van der Waals surface area (Å²) in [6, 6.07) is 6.14. The Morgan fingerprint density at radius 3 is 2.56 bits per heavy atom. The molecule has 0 amide bonds. The smallest absolute Gasteiger partial charge is 0.416 e. The van der Waals surface area contributed by atoms with Crippen molar-refractivity contribution >= 4 is 23.3 Å². The minimum atomic E-state index is -4.57. The Kier molecular flexibility index (Phi) is 7.65. The number of ketones is 1. The van der Waals surface area contributed by atoms with Gasteiger partial charge in [-0.05, 0) is 105 Å². The number of Topliss-reactive ketones (excluding diaryl/α,β-unsaturated/α-hetero) is 1. The third-order valence-electron chi connectivity index (χ3n) is 15.1. The number of β-amino-alcohol motifs (C(OH)–C–C–N with tert-alkyl or cyclic N) is 1. The first kappa shape index (κ1) is 34.7. The van der Waals surface area contributed by atoms with Gasteiger partial charge in [0, 0.05) is 53.6 Å². The van der Waals surface area contributed by atoms with Crippen LogP contribution >= 0.6 is 11.6 Å². The predicted molar refractivity (Wildman–Crippen MR) is 192 cm³/mol. The van der Waals surface area contributed by atoms with E-state index in [-0.39, 0.29) is 45.1 Å². The van der Waals surface area contributed by atoms with Crippen LogP contribution < -0.4 is 0 Å². The molecule has 2 aromatic rings. The molecule has 2 spiro atoms. The Hall–Kier alpha value is -3.08. The number of nitrogens with zero attached hydrogens (tertiary/aromatic N) is 3. The minimum Gasteiger partial charge on any atom is -0.453 e. The lowest BCUT2D eigenvalue weighted by molar-refractivity contribution is -0.174. The standard InChI is InChI=1S/C41H47ClF3N3O4/c1-36-12-9-26(49)22-38(36)15-16-40(28(23-38)34(50)31-8-7-30(52-31)27-21-25(41(43,44)45)5-6-29(27)42)32(36)10-13-37(2)33(40)11-14-39(37,51)24-48-20-4-19-47-18-3-17-46-35(47)48/h5-8,15-16,21,23,26,32-33,49,51H,3-4,9-14,17-20,22,24H2,1-2H3/t26?,32-,33-,36-,37+,38+,39-,40-/m1/s1. The van der Waals surface area contributed by atoms with Crippen LogP contribution in [0.2, 0.25) is 5.02 Å². The van der Waals surface area contributed by atoms with Gasteiger partial charge in [-0.25, -0.2) is 0 Å². The number of rotatable bonds is 5. The summed E-state index contributed by atoms with van der Waals surface area (Å²) in [7, 11) is 0. The molecule has 2 aliphatic heterocycles. The van der Waals surface area contributed by atoms with Crippen molar-refractivity contribution < 1.29 is 32.6 Å². The number of alkyl halides is 3. The van der Waals surface area contributed by atoms with Crippen molar-refractivity contribution in [3.63, 3.8) is 0 Å². The van der Waals surface area contributed by atoms with Gasteiger partial charge >= 0.3 is 6.18 Å². The van der Waals surface area contributed by atoms with Crippen LogP contribution in [0.25, 0.3) is 11.3 Å². The van der Waals surface area contributed by atoms with E-state index in [1.165, 1.54) is 12.1 Å². The molecule has 1 unspecified atom stereocenters. The molecular formula is C41H47ClF3N3O4. The third-order valence-corrected chi connectivity index (χ3v) is 15.4. The molecule has 6 aliphatic carbocycles. The quantitative estimate of drug-likeness (QED) is 0.238. The van der Waals surface area contributed by atoms with Gasteiger partial charge in [-0.2, -0.15) is 13.2 Å². The van der Waals surface area contributed by atoms with Crippen LogP contribution in [0.5, 0.6) is 0 Å². The Morgan fingerprint density at radius 1 is 1.00 bits per heavy atom. The van der Waals surface area contributed by atoms with Gasteiger partial charge in [0.25, 0.3) is 0 Å². The normalized spacial score (nSPS) is 39.3. The second-order valence-electron chi connectivity index (χ2n) is 17.3. The maximum absolute atomic E-state index is 15.0. The number of benzene rings is 1. The SMILES string of the molecule is C[C@]12CC[C@H]3[C@]4(C=C[C@@]5(C=C4C(=O)c4ccc(-c6cc(C(F)(F)F)ccc6Cl)o4)CC(O)CC[C@]35C)[C@@H]1CC[C@@]2(O)CN1CCCN2CCCN=C21. The Balaban J connectivity index is 1.12. The molecule has 10 rings (SSSR count). The maximum Gasteiger partial charge on any atom is 0.416 e. The van der Waals surface area contributed by atoms with E-state index >= 15 is 4.79 Å². The molecule has 1 aromatic carbocycles. The summed E-state index contributed by atoms with van der Waals surface area (Å²) in [5.74, 6) is 0.895. The van der Waals surface area contributed by atoms with Crippen LogP contribution in [0.1, 0.15) is 87.8 Å². The van der Waals surface area contributed by atoms with Crippen LogP contribution in [0.4, 0.5) is 13.2 Å². The second kappa shape index (κ2) is 11.5. The summed E-state index contributed by atoms with van der Waals surface area (Å²) >= 11 is 6.38. The Bertz CT molecular complexity index is 1920. The van der Waals surface area contributed by atoms with Crippen molar-refractivity contribution in [2.24, 2.45) is 38.5 Å². The summed E-state index contributed by atoms with van der Waals surface area (Å²) in [4.78, 5) is 24.6. The number of aliphatic imine (C=N–C) groups is 1. The molecule has 278 valence electrons. The highest BCUT2D eigenvalue weighted by Crippen LogP contribution is 2.78. The summed E-state index contributed by atoms with van der Waals surface area (Å²) in [5.41, 5.74) is -3.08. The average molecular weight is 738 g/mol. The summed E-state index contributed by atoms with van der Waals surface area (Å²) in [6.07, 6.45) is 8.72. The summed E-state index contributed by atoms with van der Waals surface area (Å²) in [5, 5.41) is 24.0. The number of allylic oxidation sites excluding steroid dienone is 4. The third kappa shape index (κ3) is 4.65. The van der Waals surface area contributed by atoms with E-state index in [9.17, 15) is 23.4 Å². The van der Waals surface area contributed by atoms with Gasteiger partial charge in [0.1, 0.15) is 5.76 Å². The van der Waals surface area contributed by atoms with E-state index in [1.807, 2.05) is 0 Å². The molecule has 8 aliphatic rings. The van der Waals surface area contributed by atoms with E-state index in [0.717, 1.165) is 82.8 Å². The highest BCUT2D eigenvalue weighted by molar-refractivity contribution is 6.33. The zero-order valence-electron chi connectivity index (χ0n) is 29.8. The molecule has 2 N–H and O–H groups in total. The molecule has 3 heterocycles. The predicted octanol–water partition coefficient (Wildman–Crippen LogP) is 8.16. The van der Waals surface area contributed by atoms with Crippen molar-refractivity contribution in [3.8, 4) is 11.3 Å². The minimum absolute atomic E-state index is 0.0429. The zero-order valence-corrected chi connectivity index (χ0v) is 30.6. The van der Waals surface area contributed by atoms with Crippen LogP contribution in [0, 0.1) is 33.5 Å². The number of guanidine groups is 1. The van der Waals surface area contributed by atoms with E-state index in [0.29, 0.717) is 31.4 Å². The number of carbonyl (C=O) groups excluding carboxylic acids is 1. The molecule has 1 aromatic heterocycles. The maximum atomic E-state index is 15.0. The van der Waals surface area contributed by atoms with Crippen LogP contribution in [-0.2, 0) is 6.18 Å². The second-order valence-corrected chi connectivity index (χ2v) is 17.7. The van der Waals surface area contributed by atoms with Crippen LogP contribution in [-0.4, -0.2) is 76.2 Å². The van der Waals surface area contributed by atoms with Crippen molar-refractivity contribution in [1.29, 1.82) is 0 Å². The van der Waals surface area contributed by atoms with Gasteiger partial charge in [0.05, 0.1) is 28.8 Å². The molecular weight excluding hydrogens is 691 g/mol. The van der Waals surface area contributed by atoms with Crippen molar-refractivity contribution in [2.45, 2.75) is 89.5 Å². The summed E-state index contributed by atoms with van der Waals surface area (Å²) in [6.45, 7) is 8.71. The first-order chi connectivity index (χ1) is 24.6. The molecule has 8 atom stereocenters. The lowest BCUT2D eigenvalue weighted by Crippen LogP contribution is -2.68. The monoisotopic (exact) mass is 737 g/mol. The highest BCUT2D eigenvalue weighted by Gasteiger charge is 2.74. The van der Waals surface area contributed by atoms with E-state index < -0.39 is 39.7 Å². The first-order valence-electron chi connectivity index (χ1n) is 19.0. The fraction of sp³-hybridized carbons (Fsp3) is 0.610. The molecule has 4 fully saturated rings. The number of hydrogen-bond acceptors (Lipinski definition) is 7. The molecule has 11 heteroatoms. The van der Waals surface area contributed by atoms with E-state index in [2.05, 4.69) is 41.9 Å². The lowest BCUT2D eigenvalue weighted by atomic mass is 9.32. The van der Waals surface area contributed by atoms with Crippen molar-refractivity contribution in [2.75, 3.05) is 32.7 Å². The molecule has 0 radical (unpaired) electrons. The fourth-order valence-corrected chi connectivity index (χ4v) is 12.6. The lowest BCUT2D eigenvalue weighted by Gasteiger charge is -2.71. The van der Waals surface area contributed by atoms with Crippen molar-refractivity contribution in [1.82, 2.24) is 9.80 Å². The number of furan rings is 1. The molecule has 2 bridgehead atoms. The van der Waals surface area contributed by atoms with Gasteiger partial charge in [-0.1, -0.05) is 43.7 Å². The van der Waals surface area contributed by atoms with Crippen molar-refractivity contribution in [3.05, 3.63) is 70.5 Å². The molecule has 3 saturated carbocycles. The highest BCUT2D eigenvalue weighted by atomic mass is 35.5. The largest absolute Gasteiger partial charge is 0.453 e. The number of aliphatic hydroxyl groups excluding tert-OH is 1. The number of aliphatic hydroxyl groups is 2. The van der Waals surface area contributed by atoms with E-state index in [4.69, 9.17) is 21.0 Å². The Labute approximate surface area is 307 Å². The molecule has 1 saturated heterocycles. The Morgan fingerprint density at radius 2 is 1.75 bits per heavy atom. The van der Waals surface area contributed by atoms with Crippen LogP contribution in [0.15, 0.2) is 63.5 Å². The fourth-order valence-electron chi connectivity index (χ4n) is 12.4. The summed E-state index contributed by atoms with van der Waals surface area (Å²) < 4.78 is 47.1. The number of fused-ring (bicyclic) bond motifs is 2.